The van der Waals surface area contributed by atoms with Crippen molar-refractivity contribution < 1.29 is 0 Å². The largest absolute Gasteiger partial charge is 0.326 e. The van der Waals surface area contributed by atoms with Crippen LogP contribution in [-0.4, -0.2) is 9.55 Å². The number of fused-ring (bicyclic) bond motifs is 1. The number of imidazole rings is 1. The van der Waals surface area contributed by atoms with E-state index in [0.717, 1.165) is 27.1 Å². The number of aromatic nitrogens is 2. The SMILES string of the molecule is Cn1c(Nc2ccc(Br)cc2)nc2ccccc21. The number of rotatable bonds is 2. The number of hydrogen-bond acceptors (Lipinski definition) is 2. The lowest BCUT2D eigenvalue weighted by atomic mass is 10.3. The van der Waals surface area contributed by atoms with Gasteiger partial charge in [-0.1, -0.05) is 28.1 Å². The molecule has 0 atom stereocenters. The van der Waals surface area contributed by atoms with Crippen molar-refractivity contribution in [3.63, 3.8) is 0 Å². The van der Waals surface area contributed by atoms with Crippen molar-refractivity contribution >= 4 is 38.6 Å². The average molecular weight is 302 g/mol. The fourth-order valence-electron chi connectivity index (χ4n) is 1.92. The minimum Gasteiger partial charge on any atom is -0.326 e. The lowest BCUT2D eigenvalue weighted by molar-refractivity contribution is 0.958. The molecule has 1 N–H and O–H groups in total. The van der Waals surface area contributed by atoms with E-state index >= 15 is 0 Å². The molecule has 0 bridgehead atoms. The van der Waals surface area contributed by atoms with Gasteiger partial charge < -0.3 is 9.88 Å². The molecular formula is C14H12BrN3. The second-order valence-electron chi connectivity index (χ2n) is 4.12. The molecule has 0 saturated heterocycles. The van der Waals surface area contributed by atoms with Crippen LogP contribution in [0, 0.1) is 0 Å². The van der Waals surface area contributed by atoms with Crippen LogP contribution in [0.3, 0.4) is 0 Å². The number of nitrogens with one attached hydrogen (secondary N) is 1. The van der Waals surface area contributed by atoms with Crippen LogP contribution in [0.4, 0.5) is 11.6 Å². The van der Waals surface area contributed by atoms with Crippen molar-refractivity contribution in [3.05, 3.63) is 53.0 Å². The third kappa shape index (κ3) is 1.99. The van der Waals surface area contributed by atoms with Gasteiger partial charge in [0.15, 0.2) is 0 Å². The Labute approximate surface area is 114 Å². The summed E-state index contributed by atoms with van der Waals surface area (Å²) in [4.78, 5) is 4.57. The van der Waals surface area contributed by atoms with Crippen molar-refractivity contribution in [2.24, 2.45) is 7.05 Å². The number of hydrogen-bond donors (Lipinski definition) is 1. The molecule has 0 aliphatic rings. The van der Waals surface area contributed by atoms with Gasteiger partial charge in [0.05, 0.1) is 11.0 Å². The number of benzene rings is 2. The topological polar surface area (TPSA) is 29.9 Å². The van der Waals surface area contributed by atoms with Gasteiger partial charge in [0, 0.05) is 17.2 Å². The molecule has 0 aliphatic carbocycles. The molecule has 1 aromatic heterocycles. The van der Waals surface area contributed by atoms with Crippen LogP contribution in [0.1, 0.15) is 0 Å². The Morgan fingerprint density at radius 2 is 1.78 bits per heavy atom. The third-order valence-corrected chi connectivity index (χ3v) is 3.42. The molecule has 90 valence electrons. The van der Waals surface area contributed by atoms with Crippen molar-refractivity contribution in [3.8, 4) is 0 Å². The van der Waals surface area contributed by atoms with Gasteiger partial charge in [-0.2, -0.15) is 0 Å². The summed E-state index contributed by atoms with van der Waals surface area (Å²) in [6.07, 6.45) is 0. The number of para-hydroxylation sites is 2. The van der Waals surface area contributed by atoms with Crippen molar-refractivity contribution in [2.45, 2.75) is 0 Å². The molecule has 3 nitrogen and oxygen atoms in total. The lowest BCUT2D eigenvalue weighted by Crippen LogP contribution is -1.98. The van der Waals surface area contributed by atoms with E-state index in [-0.39, 0.29) is 0 Å². The standard InChI is InChI=1S/C14H12BrN3/c1-18-13-5-3-2-4-12(13)17-14(18)16-11-8-6-10(15)7-9-11/h2-9H,1H3,(H,16,17). The summed E-state index contributed by atoms with van der Waals surface area (Å²) in [6, 6.07) is 16.1. The maximum atomic E-state index is 4.57. The molecule has 0 unspecified atom stereocenters. The Morgan fingerprint density at radius 3 is 2.50 bits per heavy atom. The Bertz CT molecular complexity index is 686. The van der Waals surface area contributed by atoms with Crippen molar-refractivity contribution in [1.29, 1.82) is 0 Å². The Morgan fingerprint density at radius 1 is 1.06 bits per heavy atom. The predicted molar refractivity (Wildman–Crippen MR) is 78.1 cm³/mol. The van der Waals surface area contributed by atoms with E-state index in [4.69, 9.17) is 0 Å². The second kappa shape index (κ2) is 4.46. The third-order valence-electron chi connectivity index (χ3n) is 2.89. The first-order valence-electron chi connectivity index (χ1n) is 5.68. The quantitative estimate of drug-likeness (QED) is 0.773. The van der Waals surface area contributed by atoms with Crippen LogP contribution in [0.2, 0.25) is 0 Å². The van der Waals surface area contributed by atoms with E-state index in [2.05, 4.69) is 36.9 Å². The highest BCUT2D eigenvalue weighted by Gasteiger charge is 2.06. The fourth-order valence-corrected chi connectivity index (χ4v) is 2.18. The summed E-state index contributed by atoms with van der Waals surface area (Å²) in [6.45, 7) is 0. The molecule has 0 radical (unpaired) electrons. The summed E-state index contributed by atoms with van der Waals surface area (Å²) < 4.78 is 3.12. The summed E-state index contributed by atoms with van der Waals surface area (Å²) in [5.41, 5.74) is 3.15. The molecule has 0 aliphatic heterocycles. The number of anilines is 2. The first-order valence-corrected chi connectivity index (χ1v) is 6.47. The molecule has 3 aromatic rings. The van der Waals surface area contributed by atoms with Crippen molar-refractivity contribution in [2.75, 3.05) is 5.32 Å². The van der Waals surface area contributed by atoms with E-state index in [1.54, 1.807) is 0 Å². The molecule has 2 aromatic carbocycles. The molecule has 0 fully saturated rings. The van der Waals surface area contributed by atoms with Gasteiger partial charge in [-0.25, -0.2) is 4.98 Å². The average Bonchev–Trinajstić information content (AvgIpc) is 2.70. The molecule has 1 heterocycles. The van der Waals surface area contributed by atoms with Crippen LogP contribution in [0.25, 0.3) is 11.0 Å². The molecule has 3 rings (SSSR count). The second-order valence-corrected chi connectivity index (χ2v) is 5.03. The van der Waals surface area contributed by atoms with Gasteiger partial charge >= 0.3 is 0 Å². The molecule has 4 heteroatoms. The van der Waals surface area contributed by atoms with Crippen LogP contribution < -0.4 is 5.32 Å². The van der Waals surface area contributed by atoms with Crippen LogP contribution >= 0.6 is 15.9 Å². The van der Waals surface area contributed by atoms with Gasteiger partial charge in [-0.05, 0) is 36.4 Å². The fraction of sp³-hybridized carbons (Fsp3) is 0.0714. The molecule has 18 heavy (non-hydrogen) atoms. The normalized spacial score (nSPS) is 10.8. The summed E-state index contributed by atoms with van der Waals surface area (Å²) in [5.74, 6) is 0.846. The maximum Gasteiger partial charge on any atom is 0.208 e. The summed E-state index contributed by atoms with van der Waals surface area (Å²) >= 11 is 3.42. The van der Waals surface area contributed by atoms with E-state index in [9.17, 15) is 0 Å². The zero-order valence-electron chi connectivity index (χ0n) is 9.89. The summed E-state index contributed by atoms with van der Waals surface area (Å²) in [7, 11) is 2.01. The Hall–Kier alpha value is -1.81. The van der Waals surface area contributed by atoms with Gasteiger partial charge in [-0.15, -0.1) is 0 Å². The summed E-state index contributed by atoms with van der Waals surface area (Å²) in [5, 5.41) is 3.32. The predicted octanol–water partition coefficient (Wildman–Crippen LogP) is 4.08. The highest BCUT2D eigenvalue weighted by molar-refractivity contribution is 9.10. The van der Waals surface area contributed by atoms with Gasteiger partial charge in [0.25, 0.3) is 0 Å². The number of halogens is 1. The minimum absolute atomic E-state index is 0.846. The van der Waals surface area contributed by atoms with E-state index in [0.29, 0.717) is 0 Å². The Kier molecular flexibility index (Phi) is 2.80. The lowest BCUT2D eigenvalue weighted by Gasteiger charge is -2.06. The molecule has 0 saturated carbocycles. The van der Waals surface area contributed by atoms with E-state index < -0.39 is 0 Å². The monoisotopic (exact) mass is 301 g/mol. The maximum absolute atomic E-state index is 4.57. The molecular weight excluding hydrogens is 290 g/mol. The van der Waals surface area contributed by atoms with E-state index in [1.165, 1.54) is 0 Å². The Balaban J connectivity index is 1.99. The van der Waals surface area contributed by atoms with E-state index in [1.807, 2.05) is 49.5 Å². The van der Waals surface area contributed by atoms with Crippen molar-refractivity contribution in [1.82, 2.24) is 9.55 Å². The van der Waals surface area contributed by atoms with Gasteiger partial charge in [0.1, 0.15) is 0 Å². The number of nitrogens with zero attached hydrogens (tertiary/aromatic N) is 2. The first-order chi connectivity index (χ1) is 8.74. The highest BCUT2D eigenvalue weighted by atomic mass is 79.9. The van der Waals surface area contributed by atoms with Gasteiger partial charge in [-0.3, -0.25) is 0 Å². The minimum atomic E-state index is 0.846. The van der Waals surface area contributed by atoms with Crippen LogP contribution in [0.5, 0.6) is 0 Å². The van der Waals surface area contributed by atoms with Crippen LogP contribution in [-0.2, 0) is 7.05 Å². The van der Waals surface area contributed by atoms with Crippen LogP contribution in [0.15, 0.2) is 53.0 Å². The number of aryl methyl sites for hydroxylation is 1. The smallest absolute Gasteiger partial charge is 0.208 e. The molecule has 0 spiro atoms. The zero-order valence-corrected chi connectivity index (χ0v) is 11.5. The van der Waals surface area contributed by atoms with Gasteiger partial charge in [0.2, 0.25) is 5.95 Å². The zero-order chi connectivity index (χ0) is 12.5. The highest BCUT2D eigenvalue weighted by Crippen LogP contribution is 2.22. The first kappa shape index (κ1) is 11.3. The molecule has 0 amide bonds.